The van der Waals surface area contributed by atoms with Crippen molar-refractivity contribution in [2.24, 2.45) is 0 Å². The highest BCUT2D eigenvalue weighted by atomic mass is 32.2. The SMILES string of the molecule is CC[S@@+]([O-])[N+](C)(C)C(c1ccc2c(NC(=O)O)n(-c3ccccc3)nc2c1)C(F)(F)F. The van der Waals surface area contributed by atoms with Gasteiger partial charge in [0.1, 0.15) is 31.3 Å². The number of quaternary nitrogens is 1. The van der Waals surface area contributed by atoms with E-state index in [1.807, 2.05) is 0 Å². The lowest BCUT2D eigenvalue weighted by molar-refractivity contribution is -0.815. The molecule has 0 radical (unpaired) electrons. The minimum Gasteiger partial charge on any atom is -0.566 e. The molecule has 0 saturated carbocycles. The standard InChI is InChI=1S/C20H21F3N4O3S/c1-4-31(30)27(2,3)17(20(21,22)23)13-10-11-15-16(12-13)25-26(18(15)24-19(28)29)14-8-6-5-7-9-14/h5-12,17H,4H2,1-3H3,(H-,24,25,28,29)/p+1/t17?,31-/m1/s1. The summed E-state index contributed by atoms with van der Waals surface area (Å²) in [5.74, 6) is 0.187. The summed E-state index contributed by atoms with van der Waals surface area (Å²) in [5.41, 5.74) is 0.618. The lowest BCUT2D eigenvalue weighted by Gasteiger charge is -2.36. The molecule has 1 aromatic heterocycles. The Morgan fingerprint density at radius 1 is 1.26 bits per heavy atom. The van der Waals surface area contributed by atoms with E-state index in [1.54, 1.807) is 37.3 Å². The molecule has 0 aliphatic rings. The maximum Gasteiger partial charge on any atom is 0.450 e. The van der Waals surface area contributed by atoms with Gasteiger partial charge < -0.3 is 9.66 Å². The van der Waals surface area contributed by atoms with Gasteiger partial charge in [0.05, 0.1) is 11.2 Å². The molecule has 0 aliphatic heterocycles. The van der Waals surface area contributed by atoms with Gasteiger partial charge in [0.2, 0.25) is 0 Å². The van der Waals surface area contributed by atoms with Crippen LogP contribution < -0.4 is 5.32 Å². The van der Waals surface area contributed by atoms with E-state index in [-0.39, 0.29) is 22.7 Å². The van der Waals surface area contributed by atoms with Crippen molar-refractivity contribution in [1.82, 2.24) is 9.78 Å². The maximum atomic E-state index is 14.1. The van der Waals surface area contributed by atoms with Crippen LogP contribution in [0.1, 0.15) is 18.5 Å². The fourth-order valence-corrected chi connectivity index (χ4v) is 4.74. The third-order valence-corrected chi connectivity index (χ3v) is 6.70. The second-order valence-corrected chi connectivity index (χ2v) is 9.45. The first-order valence-electron chi connectivity index (χ1n) is 9.34. The van der Waals surface area contributed by atoms with Gasteiger partial charge in [0, 0.05) is 10.9 Å². The smallest absolute Gasteiger partial charge is 0.450 e. The van der Waals surface area contributed by atoms with E-state index in [1.165, 1.54) is 37.0 Å². The first-order chi connectivity index (χ1) is 14.5. The van der Waals surface area contributed by atoms with Gasteiger partial charge in [-0.2, -0.15) is 18.3 Å². The summed E-state index contributed by atoms with van der Waals surface area (Å²) in [6.07, 6.45) is -5.99. The van der Waals surface area contributed by atoms with Crippen molar-refractivity contribution in [3.63, 3.8) is 0 Å². The number of carbonyl (C=O) groups is 1. The van der Waals surface area contributed by atoms with Crippen LogP contribution >= 0.6 is 0 Å². The number of para-hydroxylation sites is 1. The largest absolute Gasteiger partial charge is 0.566 e. The van der Waals surface area contributed by atoms with Crippen LogP contribution in [0.2, 0.25) is 0 Å². The van der Waals surface area contributed by atoms with Gasteiger partial charge in [-0.25, -0.2) is 9.48 Å². The zero-order valence-corrected chi connectivity index (χ0v) is 17.9. The van der Waals surface area contributed by atoms with E-state index in [9.17, 15) is 27.6 Å². The van der Waals surface area contributed by atoms with Crippen molar-refractivity contribution in [3.05, 3.63) is 54.1 Å². The molecule has 3 aromatic rings. The molecule has 3 rings (SSSR count). The number of amides is 1. The van der Waals surface area contributed by atoms with Crippen LogP contribution in [-0.4, -0.2) is 55.4 Å². The Morgan fingerprint density at radius 2 is 1.90 bits per heavy atom. The molecule has 11 heteroatoms. The van der Waals surface area contributed by atoms with Gasteiger partial charge in [-0.05, 0) is 31.2 Å². The number of hydrogen-bond acceptors (Lipinski definition) is 3. The average molecular weight is 455 g/mol. The highest BCUT2D eigenvalue weighted by Gasteiger charge is 2.57. The molecule has 0 aliphatic carbocycles. The first kappa shape index (κ1) is 22.9. The number of benzene rings is 2. The van der Waals surface area contributed by atoms with Crippen LogP contribution in [0.5, 0.6) is 0 Å². The van der Waals surface area contributed by atoms with Gasteiger partial charge in [-0.3, -0.25) is 5.32 Å². The number of carboxylic acid groups (broad SMARTS) is 1. The highest BCUT2D eigenvalue weighted by Crippen LogP contribution is 2.43. The van der Waals surface area contributed by atoms with E-state index in [0.717, 1.165) is 0 Å². The fourth-order valence-electron chi connectivity index (χ4n) is 3.60. The number of hydrogen-bond donors (Lipinski definition) is 2. The number of anilines is 1. The monoisotopic (exact) mass is 455 g/mol. The zero-order valence-electron chi connectivity index (χ0n) is 17.1. The molecule has 1 amide bonds. The first-order valence-corrected chi connectivity index (χ1v) is 10.6. The molecule has 2 aromatic carbocycles. The van der Waals surface area contributed by atoms with Crippen LogP contribution in [0.15, 0.2) is 48.5 Å². The molecule has 1 heterocycles. The maximum absolute atomic E-state index is 14.1. The normalized spacial score (nSPS) is 14.4. The minimum absolute atomic E-state index is 0.0666. The lowest BCUT2D eigenvalue weighted by Crippen LogP contribution is -2.54. The Morgan fingerprint density at radius 3 is 2.45 bits per heavy atom. The summed E-state index contributed by atoms with van der Waals surface area (Å²) in [4.78, 5) is 11.3. The quantitative estimate of drug-likeness (QED) is 0.424. The number of nitrogens with one attached hydrogen (secondary N) is 1. The topological polar surface area (TPSA) is 90.2 Å². The fraction of sp³-hybridized carbons (Fsp3) is 0.300. The van der Waals surface area contributed by atoms with Crippen LogP contribution in [0.25, 0.3) is 16.6 Å². The molecule has 0 bridgehead atoms. The van der Waals surface area contributed by atoms with Gasteiger partial charge in [0.15, 0.2) is 5.75 Å². The van der Waals surface area contributed by atoms with Gasteiger partial charge in [-0.1, -0.05) is 24.3 Å². The van der Waals surface area contributed by atoms with E-state index in [4.69, 9.17) is 0 Å². The summed E-state index contributed by atoms with van der Waals surface area (Å²) in [5, 5.41) is 16.2. The Kier molecular flexibility index (Phi) is 6.21. The minimum atomic E-state index is -4.66. The molecule has 0 saturated heterocycles. The zero-order chi connectivity index (χ0) is 23.0. The molecule has 2 atom stereocenters. The van der Waals surface area contributed by atoms with Crippen molar-refractivity contribution in [2.75, 3.05) is 25.2 Å². The van der Waals surface area contributed by atoms with Crippen molar-refractivity contribution >= 4 is 34.2 Å². The van der Waals surface area contributed by atoms with Crippen molar-refractivity contribution in [2.45, 2.75) is 19.1 Å². The molecule has 0 spiro atoms. The molecular formula is C20H22F3N4O3S+. The average Bonchev–Trinajstić information content (AvgIpc) is 3.03. The Hall–Kier alpha value is -2.76. The molecule has 31 heavy (non-hydrogen) atoms. The molecule has 166 valence electrons. The van der Waals surface area contributed by atoms with Crippen LogP contribution in [0, 0.1) is 0 Å². The Bertz CT molecular complexity index is 1090. The van der Waals surface area contributed by atoms with E-state index >= 15 is 0 Å². The summed E-state index contributed by atoms with van der Waals surface area (Å²) in [7, 11) is 2.56. The van der Waals surface area contributed by atoms with E-state index in [0.29, 0.717) is 11.1 Å². The lowest BCUT2D eigenvalue weighted by atomic mass is 10.0. The Balaban J connectivity index is 2.21. The van der Waals surface area contributed by atoms with Crippen molar-refractivity contribution < 1.29 is 31.5 Å². The summed E-state index contributed by atoms with van der Waals surface area (Å²) >= 11 is -1.78. The number of rotatable bonds is 6. The van der Waals surface area contributed by atoms with Gasteiger partial charge in [0.25, 0.3) is 6.04 Å². The molecule has 1 unspecified atom stereocenters. The predicted molar refractivity (Wildman–Crippen MR) is 112 cm³/mol. The number of fused-ring (bicyclic) bond motifs is 1. The highest BCUT2D eigenvalue weighted by molar-refractivity contribution is 7.85. The second kappa shape index (κ2) is 8.40. The third-order valence-electron chi connectivity index (χ3n) is 4.94. The molecule has 0 fully saturated rings. The van der Waals surface area contributed by atoms with E-state index < -0.39 is 33.6 Å². The summed E-state index contributed by atoms with van der Waals surface area (Å²) in [6.45, 7) is 1.57. The number of nitrogens with zero attached hydrogens (tertiary/aromatic N) is 3. The van der Waals surface area contributed by atoms with E-state index in [2.05, 4.69) is 10.4 Å². The molecule has 2 N–H and O–H groups in total. The summed E-state index contributed by atoms with van der Waals surface area (Å²) < 4.78 is 55.1. The molecular weight excluding hydrogens is 433 g/mol. The number of alkyl halides is 3. The Labute approximate surface area is 180 Å². The predicted octanol–water partition coefficient (Wildman–Crippen LogP) is 4.48. The number of halogens is 3. The van der Waals surface area contributed by atoms with Crippen LogP contribution in [0.3, 0.4) is 0 Å². The number of aromatic nitrogens is 2. The van der Waals surface area contributed by atoms with Crippen LogP contribution in [0.4, 0.5) is 23.8 Å². The second-order valence-electron chi connectivity index (χ2n) is 7.29. The van der Waals surface area contributed by atoms with Gasteiger partial charge in [-0.15, -0.1) is 3.89 Å². The van der Waals surface area contributed by atoms with Crippen molar-refractivity contribution in [3.8, 4) is 5.69 Å². The van der Waals surface area contributed by atoms with Gasteiger partial charge >= 0.3 is 12.3 Å². The molecule has 7 nitrogen and oxygen atoms in total. The third kappa shape index (κ3) is 4.48. The van der Waals surface area contributed by atoms with Crippen molar-refractivity contribution in [1.29, 1.82) is 0 Å². The van der Waals surface area contributed by atoms with Crippen LogP contribution in [-0.2, 0) is 11.4 Å². The summed E-state index contributed by atoms with van der Waals surface area (Å²) in [6, 6.07) is 10.5.